The summed E-state index contributed by atoms with van der Waals surface area (Å²) in [6.45, 7) is 1.84. The van der Waals surface area contributed by atoms with Crippen LogP contribution < -0.4 is 0 Å². The van der Waals surface area contributed by atoms with Crippen LogP contribution in [0.3, 0.4) is 0 Å². The molecule has 0 radical (unpaired) electrons. The predicted octanol–water partition coefficient (Wildman–Crippen LogP) is 3.32. The normalized spacial score (nSPS) is 30.7. The molecule has 3 unspecified atom stereocenters. The van der Waals surface area contributed by atoms with Crippen LogP contribution in [0.4, 0.5) is 0 Å². The van der Waals surface area contributed by atoms with E-state index in [0.717, 1.165) is 32.0 Å². The van der Waals surface area contributed by atoms with Crippen LogP contribution in [0.15, 0.2) is 5.18 Å². The minimum absolute atomic E-state index is 0.0517. The molecule has 3 heteroatoms. The first-order valence-electron chi connectivity index (χ1n) is 6.07. The van der Waals surface area contributed by atoms with Crippen LogP contribution in [-0.2, 0) is 4.79 Å². The molecule has 3 nitrogen and oxygen atoms in total. The Kier molecular flexibility index (Phi) is 5.51. The minimum Gasteiger partial charge on any atom is -0.303 e. The summed E-state index contributed by atoms with van der Waals surface area (Å²) in [4.78, 5) is 21.6. The molecule has 0 bridgehead atoms. The van der Waals surface area contributed by atoms with Gasteiger partial charge in [0.2, 0.25) is 0 Å². The Balaban J connectivity index is 2.64. The highest BCUT2D eigenvalue weighted by molar-refractivity contribution is 5.54. The van der Waals surface area contributed by atoms with Crippen molar-refractivity contribution in [2.45, 2.75) is 57.9 Å². The summed E-state index contributed by atoms with van der Waals surface area (Å²) < 4.78 is 0. The highest BCUT2D eigenvalue weighted by Crippen LogP contribution is 2.29. The van der Waals surface area contributed by atoms with Crippen LogP contribution in [0.2, 0.25) is 0 Å². The van der Waals surface area contributed by atoms with Crippen molar-refractivity contribution < 1.29 is 4.79 Å². The lowest BCUT2D eigenvalue weighted by Gasteiger charge is -2.23. The van der Waals surface area contributed by atoms with Gasteiger partial charge in [-0.3, -0.25) is 0 Å². The highest BCUT2D eigenvalue weighted by atomic mass is 16.3. The number of nitrogens with zero attached hydrogens (tertiary/aromatic N) is 1. The van der Waals surface area contributed by atoms with Crippen molar-refractivity contribution in [3.05, 3.63) is 4.91 Å². The first-order chi connectivity index (χ1) is 7.29. The molecule has 1 rings (SSSR count). The lowest BCUT2D eigenvalue weighted by atomic mass is 9.82. The maximum Gasteiger partial charge on any atom is 0.123 e. The Bertz CT molecular complexity index is 206. The van der Waals surface area contributed by atoms with Crippen molar-refractivity contribution in [3.63, 3.8) is 0 Å². The second-order valence-electron chi connectivity index (χ2n) is 4.65. The number of hydrogen-bond donors (Lipinski definition) is 0. The molecule has 0 heterocycles. The third kappa shape index (κ3) is 3.73. The van der Waals surface area contributed by atoms with E-state index in [0.29, 0.717) is 0 Å². The molecule has 15 heavy (non-hydrogen) atoms. The van der Waals surface area contributed by atoms with Gasteiger partial charge in [-0.1, -0.05) is 37.3 Å². The maximum atomic E-state index is 11.0. The van der Waals surface area contributed by atoms with Crippen LogP contribution in [-0.4, -0.2) is 12.3 Å². The maximum absolute atomic E-state index is 11.0. The SMILES string of the molecule is CC(N=O)C1CCCCCCCC1C=O. The van der Waals surface area contributed by atoms with E-state index in [2.05, 4.69) is 5.18 Å². The Morgan fingerprint density at radius 1 is 1.13 bits per heavy atom. The number of nitroso groups, excluding NO2 is 1. The molecule has 86 valence electrons. The van der Waals surface area contributed by atoms with Crippen molar-refractivity contribution in [1.82, 2.24) is 0 Å². The molecule has 1 aliphatic rings. The van der Waals surface area contributed by atoms with Gasteiger partial charge in [0, 0.05) is 5.92 Å². The third-order valence-electron chi connectivity index (χ3n) is 3.59. The molecular weight excluding hydrogens is 190 g/mol. The lowest BCUT2D eigenvalue weighted by molar-refractivity contribution is -0.113. The quantitative estimate of drug-likeness (QED) is 0.531. The van der Waals surface area contributed by atoms with Gasteiger partial charge in [0.15, 0.2) is 0 Å². The predicted molar refractivity (Wildman–Crippen MR) is 60.6 cm³/mol. The topological polar surface area (TPSA) is 46.5 Å². The second-order valence-corrected chi connectivity index (χ2v) is 4.65. The van der Waals surface area contributed by atoms with E-state index in [-0.39, 0.29) is 17.9 Å². The van der Waals surface area contributed by atoms with E-state index < -0.39 is 0 Å². The first-order valence-corrected chi connectivity index (χ1v) is 6.07. The standard InChI is InChI=1S/C12H21NO2/c1-10(13-15)12-8-6-4-2-3-5-7-11(12)9-14/h9-12H,2-8H2,1H3. The fraction of sp³-hybridized carbons (Fsp3) is 0.917. The van der Waals surface area contributed by atoms with E-state index in [1.807, 2.05) is 6.92 Å². The summed E-state index contributed by atoms with van der Waals surface area (Å²) in [6.07, 6.45) is 8.93. The smallest absolute Gasteiger partial charge is 0.123 e. The number of hydrogen-bond acceptors (Lipinski definition) is 3. The van der Waals surface area contributed by atoms with Crippen molar-refractivity contribution in [2.75, 3.05) is 0 Å². The van der Waals surface area contributed by atoms with Crippen molar-refractivity contribution >= 4 is 6.29 Å². The van der Waals surface area contributed by atoms with Crippen LogP contribution in [0.1, 0.15) is 51.9 Å². The zero-order chi connectivity index (χ0) is 11.1. The highest BCUT2D eigenvalue weighted by Gasteiger charge is 2.27. The summed E-state index contributed by atoms with van der Waals surface area (Å²) in [5.74, 6) is 0.230. The number of aldehydes is 1. The van der Waals surface area contributed by atoms with Gasteiger partial charge in [0.25, 0.3) is 0 Å². The molecule has 1 fully saturated rings. The fourth-order valence-electron chi connectivity index (χ4n) is 2.56. The van der Waals surface area contributed by atoms with Crippen LogP contribution in [0, 0.1) is 16.7 Å². The van der Waals surface area contributed by atoms with E-state index in [1.54, 1.807) is 0 Å². The molecule has 0 aromatic heterocycles. The van der Waals surface area contributed by atoms with E-state index >= 15 is 0 Å². The van der Waals surface area contributed by atoms with Gasteiger partial charge in [-0.2, -0.15) is 4.91 Å². The lowest BCUT2D eigenvalue weighted by Crippen LogP contribution is -2.25. The summed E-state index contributed by atoms with van der Waals surface area (Å²) in [5.41, 5.74) is 0. The molecule has 0 aromatic rings. The van der Waals surface area contributed by atoms with Gasteiger partial charge < -0.3 is 4.79 Å². The van der Waals surface area contributed by atoms with Crippen molar-refractivity contribution in [3.8, 4) is 0 Å². The van der Waals surface area contributed by atoms with E-state index in [1.165, 1.54) is 19.3 Å². The summed E-state index contributed by atoms with van der Waals surface area (Å²) >= 11 is 0. The van der Waals surface area contributed by atoms with Gasteiger partial charge in [-0.25, -0.2) is 0 Å². The molecule has 0 aromatic carbocycles. The Labute approximate surface area is 91.6 Å². The van der Waals surface area contributed by atoms with E-state index in [4.69, 9.17) is 0 Å². The van der Waals surface area contributed by atoms with Crippen molar-refractivity contribution in [1.29, 1.82) is 0 Å². The zero-order valence-corrected chi connectivity index (χ0v) is 9.52. The average molecular weight is 211 g/mol. The Hall–Kier alpha value is -0.730. The molecule has 1 aliphatic carbocycles. The molecule has 0 aliphatic heterocycles. The zero-order valence-electron chi connectivity index (χ0n) is 9.52. The van der Waals surface area contributed by atoms with Gasteiger partial charge in [0.1, 0.15) is 6.29 Å². The largest absolute Gasteiger partial charge is 0.303 e. The summed E-state index contributed by atoms with van der Waals surface area (Å²) in [7, 11) is 0. The van der Waals surface area contributed by atoms with Gasteiger partial charge in [-0.15, -0.1) is 0 Å². The molecule has 0 amide bonds. The minimum atomic E-state index is -0.210. The first kappa shape index (κ1) is 12.3. The average Bonchev–Trinajstić information content (AvgIpc) is 2.38. The van der Waals surface area contributed by atoms with Gasteiger partial charge in [-0.05, 0) is 25.7 Å². The Morgan fingerprint density at radius 2 is 1.73 bits per heavy atom. The van der Waals surface area contributed by atoms with Crippen LogP contribution in [0.5, 0.6) is 0 Å². The molecule has 0 spiro atoms. The monoisotopic (exact) mass is 211 g/mol. The number of carbonyl (C=O) groups is 1. The molecule has 3 atom stereocenters. The number of rotatable bonds is 3. The van der Waals surface area contributed by atoms with Gasteiger partial charge >= 0.3 is 0 Å². The van der Waals surface area contributed by atoms with Crippen molar-refractivity contribution in [2.24, 2.45) is 17.0 Å². The molecule has 0 saturated heterocycles. The Morgan fingerprint density at radius 3 is 2.33 bits per heavy atom. The van der Waals surface area contributed by atoms with Gasteiger partial charge in [0.05, 0.1) is 6.04 Å². The van der Waals surface area contributed by atoms with Crippen LogP contribution >= 0.6 is 0 Å². The molecule has 1 saturated carbocycles. The molecule has 0 N–H and O–H groups in total. The van der Waals surface area contributed by atoms with Crippen LogP contribution in [0.25, 0.3) is 0 Å². The fourth-order valence-corrected chi connectivity index (χ4v) is 2.56. The second kappa shape index (κ2) is 6.70. The summed E-state index contributed by atoms with van der Waals surface area (Å²) in [6, 6.07) is -0.210. The molecular formula is C12H21NO2. The third-order valence-corrected chi connectivity index (χ3v) is 3.59. The van der Waals surface area contributed by atoms with E-state index in [9.17, 15) is 9.70 Å². The summed E-state index contributed by atoms with van der Waals surface area (Å²) in [5, 5.41) is 3.10. The number of carbonyl (C=O) groups excluding carboxylic acids is 1.